The molecule has 2 atom stereocenters. The fourth-order valence-corrected chi connectivity index (χ4v) is 2.76. The van der Waals surface area contributed by atoms with Crippen LogP contribution in [0.4, 0.5) is 5.69 Å². The first-order chi connectivity index (χ1) is 9.24. The lowest BCUT2D eigenvalue weighted by Crippen LogP contribution is -2.00. The molecule has 3 rings (SSSR count). The Morgan fingerprint density at radius 2 is 2.21 bits per heavy atom. The average Bonchev–Trinajstić information content (AvgIpc) is 3.06. The van der Waals surface area contributed by atoms with E-state index >= 15 is 0 Å². The molecule has 0 aliphatic heterocycles. The van der Waals surface area contributed by atoms with Crippen molar-refractivity contribution in [1.82, 2.24) is 4.98 Å². The maximum absolute atomic E-state index is 10.8. The lowest BCUT2D eigenvalue weighted by Gasteiger charge is -2.05. The van der Waals surface area contributed by atoms with E-state index < -0.39 is 5.97 Å². The second-order valence-corrected chi connectivity index (χ2v) is 5.46. The minimum atomic E-state index is -0.685. The molecule has 1 heterocycles. The number of nitrogens with zero attached hydrogens (tertiary/aromatic N) is 1. The van der Waals surface area contributed by atoms with Gasteiger partial charge in [-0.15, -0.1) is 11.3 Å². The summed E-state index contributed by atoms with van der Waals surface area (Å²) >= 11 is 1.59. The molecule has 98 valence electrons. The second kappa shape index (κ2) is 5.01. The maximum Gasteiger partial charge on any atom is 0.307 e. The van der Waals surface area contributed by atoms with Crippen LogP contribution >= 0.6 is 11.3 Å². The van der Waals surface area contributed by atoms with Crippen LogP contribution in [0.15, 0.2) is 35.2 Å². The van der Waals surface area contributed by atoms with Crippen molar-refractivity contribution < 1.29 is 9.90 Å². The van der Waals surface area contributed by atoms with Gasteiger partial charge in [-0.3, -0.25) is 4.79 Å². The van der Waals surface area contributed by atoms with Crippen LogP contribution in [-0.4, -0.2) is 16.1 Å². The minimum Gasteiger partial charge on any atom is -0.481 e. The molecule has 0 amide bonds. The number of rotatable bonds is 5. The summed E-state index contributed by atoms with van der Waals surface area (Å²) in [6.07, 6.45) is 0.765. The van der Waals surface area contributed by atoms with E-state index in [2.05, 4.69) is 10.3 Å². The number of thiazole rings is 1. The monoisotopic (exact) mass is 274 g/mol. The van der Waals surface area contributed by atoms with Crippen LogP contribution in [0.2, 0.25) is 0 Å². The normalized spacial score (nSPS) is 21.1. The zero-order valence-corrected chi connectivity index (χ0v) is 11.1. The summed E-state index contributed by atoms with van der Waals surface area (Å²) in [5, 5.41) is 14.2. The molecular formula is C14H14N2O2S. The molecule has 2 N–H and O–H groups in total. The predicted octanol–water partition coefficient (Wildman–Crippen LogP) is 2.94. The van der Waals surface area contributed by atoms with Gasteiger partial charge in [-0.2, -0.15) is 0 Å². The molecule has 4 nitrogen and oxygen atoms in total. The summed E-state index contributed by atoms with van der Waals surface area (Å²) < 4.78 is 0. The van der Waals surface area contributed by atoms with Crippen LogP contribution in [0, 0.1) is 5.92 Å². The van der Waals surface area contributed by atoms with Crippen LogP contribution < -0.4 is 5.32 Å². The molecule has 0 spiro atoms. The Balaban J connectivity index is 1.59. The number of aliphatic carboxylic acids is 1. The molecule has 1 aromatic heterocycles. The van der Waals surface area contributed by atoms with Gasteiger partial charge in [-0.05, 0) is 30.0 Å². The van der Waals surface area contributed by atoms with E-state index in [9.17, 15) is 4.79 Å². The van der Waals surface area contributed by atoms with Crippen molar-refractivity contribution in [3.63, 3.8) is 0 Å². The molecule has 0 radical (unpaired) electrons. The summed E-state index contributed by atoms with van der Waals surface area (Å²) in [5.41, 5.74) is 5.00. The minimum absolute atomic E-state index is 0.186. The molecule has 2 aromatic rings. The van der Waals surface area contributed by atoms with Gasteiger partial charge in [0.15, 0.2) is 0 Å². The van der Waals surface area contributed by atoms with E-state index in [0.29, 0.717) is 6.54 Å². The Kier molecular flexibility index (Phi) is 3.21. The molecule has 0 bridgehead atoms. The smallest absolute Gasteiger partial charge is 0.307 e. The van der Waals surface area contributed by atoms with Gasteiger partial charge >= 0.3 is 5.97 Å². The standard InChI is InChI=1S/C14H14N2O2S/c17-14(18)13-5-12(13)9-1-3-10(4-2-9)15-6-11-7-19-8-16-11/h1-4,7-8,12-13,15H,5-6H2,(H,17,18)/t12-,13+/m0/s1. The van der Waals surface area contributed by atoms with Crippen LogP contribution in [0.1, 0.15) is 23.6 Å². The third-order valence-electron chi connectivity index (χ3n) is 3.40. The SMILES string of the molecule is O=C(O)[C@@H]1C[C@H]1c1ccc(NCc2cscn2)cc1. The van der Waals surface area contributed by atoms with E-state index in [0.717, 1.165) is 23.4 Å². The van der Waals surface area contributed by atoms with E-state index in [-0.39, 0.29) is 11.8 Å². The fourth-order valence-electron chi connectivity index (χ4n) is 2.20. The van der Waals surface area contributed by atoms with Crippen molar-refractivity contribution in [2.75, 3.05) is 5.32 Å². The molecule has 0 saturated heterocycles. The molecule has 1 aliphatic carbocycles. The lowest BCUT2D eigenvalue weighted by atomic mass is 10.1. The molecule has 5 heteroatoms. The summed E-state index contributed by atoms with van der Waals surface area (Å²) in [6, 6.07) is 8.02. The Morgan fingerprint density at radius 1 is 1.42 bits per heavy atom. The number of carboxylic acids is 1. The third-order valence-corrected chi connectivity index (χ3v) is 4.04. The number of hydrogen-bond donors (Lipinski definition) is 2. The van der Waals surface area contributed by atoms with Crippen molar-refractivity contribution in [2.45, 2.75) is 18.9 Å². The molecular weight excluding hydrogens is 260 g/mol. The molecule has 1 saturated carbocycles. The van der Waals surface area contributed by atoms with Crippen molar-refractivity contribution >= 4 is 23.0 Å². The van der Waals surface area contributed by atoms with E-state index in [1.807, 2.05) is 35.2 Å². The van der Waals surface area contributed by atoms with Gasteiger partial charge in [-0.1, -0.05) is 12.1 Å². The van der Waals surface area contributed by atoms with Gasteiger partial charge in [0.05, 0.1) is 23.7 Å². The quantitative estimate of drug-likeness (QED) is 0.880. The zero-order valence-electron chi connectivity index (χ0n) is 10.2. The van der Waals surface area contributed by atoms with Crippen molar-refractivity contribution in [2.24, 2.45) is 5.92 Å². The van der Waals surface area contributed by atoms with Gasteiger partial charge in [0, 0.05) is 11.1 Å². The second-order valence-electron chi connectivity index (χ2n) is 4.74. The lowest BCUT2D eigenvalue weighted by molar-refractivity contribution is -0.138. The number of anilines is 1. The number of carbonyl (C=O) groups is 1. The fraction of sp³-hybridized carbons (Fsp3) is 0.286. The first-order valence-electron chi connectivity index (χ1n) is 6.18. The van der Waals surface area contributed by atoms with E-state index in [1.54, 1.807) is 11.3 Å². The molecule has 19 heavy (non-hydrogen) atoms. The van der Waals surface area contributed by atoms with E-state index in [1.165, 1.54) is 0 Å². The number of nitrogens with one attached hydrogen (secondary N) is 1. The predicted molar refractivity (Wildman–Crippen MR) is 74.4 cm³/mol. The van der Waals surface area contributed by atoms with Crippen LogP contribution in [0.25, 0.3) is 0 Å². The first-order valence-corrected chi connectivity index (χ1v) is 7.12. The number of hydrogen-bond acceptors (Lipinski definition) is 4. The topological polar surface area (TPSA) is 62.2 Å². The number of aromatic nitrogens is 1. The van der Waals surface area contributed by atoms with Crippen molar-refractivity contribution in [1.29, 1.82) is 0 Å². The maximum atomic E-state index is 10.8. The van der Waals surface area contributed by atoms with Gasteiger partial charge < -0.3 is 10.4 Å². The molecule has 1 fully saturated rings. The first kappa shape index (κ1) is 12.2. The van der Waals surface area contributed by atoms with E-state index in [4.69, 9.17) is 5.11 Å². The number of carboxylic acid groups (broad SMARTS) is 1. The van der Waals surface area contributed by atoms with Gasteiger partial charge in [0.1, 0.15) is 0 Å². The average molecular weight is 274 g/mol. The largest absolute Gasteiger partial charge is 0.481 e. The zero-order chi connectivity index (χ0) is 13.2. The highest BCUT2D eigenvalue weighted by Gasteiger charge is 2.43. The Hall–Kier alpha value is -1.88. The Morgan fingerprint density at radius 3 is 2.79 bits per heavy atom. The third kappa shape index (κ3) is 2.76. The Bertz CT molecular complexity index is 566. The summed E-state index contributed by atoms with van der Waals surface area (Å²) in [6.45, 7) is 0.712. The highest BCUT2D eigenvalue weighted by molar-refractivity contribution is 7.07. The molecule has 0 unspecified atom stereocenters. The highest BCUT2D eigenvalue weighted by Crippen LogP contribution is 2.47. The molecule has 1 aliphatic rings. The Labute approximate surface area is 115 Å². The van der Waals surface area contributed by atoms with Crippen molar-refractivity contribution in [3.05, 3.63) is 46.4 Å². The van der Waals surface area contributed by atoms with Crippen LogP contribution in [0.5, 0.6) is 0 Å². The number of benzene rings is 1. The van der Waals surface area contributed by atoms with Gasteiger partial charge in [0.25, 0.3) is 0 Å². The van der Waals surface area contributed by atoms with Gasteiger partial charge in [-0.25, -0.2) is 4.98 Å². The van der Waals surface area contributed by atoms with Crippen LogP contribution in [0.3, 0.4) is 0 Å². The summed E-state index contributed by atoms with van der Waals surface area (Å²) in [4.78, 5) is 15.0. The van der Waals surface area contributed by atoms with Crippen LogP contribution in [-0.2, 0) is 11.3 Å². The summed E-state index contributed by atoms with van der Waals surface area (Å²) in [7, 11) is 0. The van der Waals surface area contributed by atoms with Gasteiger partial charge in [0.2, 0.25) is 0 Å². The van der Waals surface area contributed by atoms with Crippen molar-refractivity contribution in [3.8, 4) is 0 Å². The summed E-state index contributed by atoms with van der Waals surface area (Å²) in [5.74, 6) is -0.672. The molecule has 1 aromatic carbocycles. The highest BCUT2D eigenvalue weighted by atomic mass is 32.1.